The summed E-state index contributed by atoms with van der Waals surface area (Å²) in [5.74, 6) is -0.412. The molecule has 0 spiro atoms. The van der Waals surface area contributed by atoms with E-state index in [1.165, 1.54) is 11.6 Å². The molecule has 1 atom stereocenters. The number of hydrogen-bond acceptors (Lipinski definition) is 1. The lowest BCUT2D eigenvalue weighted by Crippen LogP contribution is -2.21. The second-order valence-electron chi connectivity index (χ2n) is 6.86. The Balaban J connectivity index is 2.01. The van der Waals surface area contributed by atoms with E-state index in [4.69, 9.17) is 11.6 Å². The van der Waals surface area contributed by atoms with Gasteiger partial charge in [-0.15, -0.1) is 0 Å². The lowest BCUT2D eigenvalue weighted by atomic mass is 9.93. The van der Waals surface area contributed by atoms with Crippen molar-refractivity contribution in [3.05, 3.63) is 94.8 Å². The molecule has 4 heteroatoms. The molecule has 0 saturated carbocycles. The first kappa shape index (κ1) is 17.8. The van der Waals surface area contributed by atoms with Crippen molar-refractivity contribution < 1.29 is 4.39 Å². The monoisotopic (exact) mass is 378 g/mol. The zero-order chi connectivity index (χ0) is 19.0. The average Bonchev–Trinajstić information content (AvgIpc) is 3.04. The minimum atomic E-state index is -0.412. The Kier molecular flexibility index (Phi) is 4.73. The van der Waals surface area contributed by atoms with Gasteiger partial charge in [0.05, 0.1) is 16.8 Å². The Hall–Kier alpha value is -2.62. The van der Waals surface area contributed by atoms with Crippen LogP contribution < -0.4 is 0 Å². The summed E-state index contributed by atoms with van der Waals surface area (Å²) in [6.07, 6.45) is 0. The molecule has 1 aromatic heterocycles. The fraction of sp³-hybridized carbons (Fsp3) is 0.130. The van der Waals surface area contributed by atoms with Gasteiger partial charge in [-0.05, 0) is 49.5 Å². The van der Waals surface area contributed by atoms with Crippen LogP contribution in [-0.2, 0) is 0 Å². The summed E-state index contributed by atoms with van der Waals surface area (Å²) < 4.78 is 13.7. The molecular weight excluding hydrogens is 359 g/mol. The Morgan fingerprint density at radius 1 is 0.926 bits per heavy atom. The van der Waals surface area contributed by atoms with Gasteiger partial charge in [-0.2, -0.15) is 0 Å². The van der Waals surface area contributed by atoms with Gasteiger partial charge in [-0.1, -0.05) is 60.1 Å². The van der Waals surface area contributed by atoms with Gasteiger partial charge in [0.2, 0.25) is 0 Å². The topological polar surface area (TPSA) is 19.0 Å². The molecule has 0 fully saturated rings. The van der Waals surface area contributed by atoms with Gasteiger partial charge in [-0.25, -0.2) is 4.39 Å². The van der Waals surface area contributed by atoms with Gasteiger partial charge in [0.25, 0.3) is 0 Å². The number of aromatic amines is 1. The third-order valence-electron chi connectivity index (χ3n) is 4.86. The number of benzene rings is 3. The lowest BCUT2D eigenvalue weighted by molar-refractivity contribution is 0.344. The van der Waals surface area contributed by atoms with E-state index >= 15 is 0 Å². The van der Waals surface area contributed by atoms with Crippen LogP contribution in [0.25, 0.3) is 22.2 Å². The molecule has 0 aliphatic carbocycles. The molecule has 0 bridgehead atoms. The molecule has 0 aliphatic rings. The maximum atomic E-state index is 13.7. The van der Waals surface area contributed by atoms with Gasteiger partial charge in [0.15, 0.2) is 0 Å². The summed E-state index contributed by atoms with van der Waals surface area (Å²) in [5, 5.41) is 1.27. The lowest BCUT2D eigenvalue weighted by Gasteiger charge is -2.26. The molecule has 1 unspecified atom stereocenters. The number of halogens is 2. The minimum absolute atomic E-state index is 0.0428. The van der Waals surface area contributed by atoms with Crippen molar-refractivity contribution in [3.8, 4) is 11.3 Å². The predicted octanol–water partition coefficient (Wildman–Crippen LogP) is 6.28. The second-order valence-corrected chi connectivity index (χ2v) is 7.27. The van der Waals surface area contributed by atoms with Crippen LogP contribution in [0, 0.1) is 5.82 Å². The fourth-order valence-electron chi connectivity index (χ4n) is 3.69. The standard InChI is InChI=1S/C23H20ClFN2/c1-27(2)23(15-8-4-3-5-9-15)21-17-10-6-7-11-20(17)26-22(21)16-12-13-19(25)18(24)14-16/h3-14,23,26H,1-2H3. The van der Waals surface area contributed by atoms with Crippen LogP contribution in [0.4, 0.5) is 4.39 Å². The van der Waals surface area contributed by atoms with E-state index in [-0.39, 0.29) is 11.1 Å². The molecular formula is C23H20ClFN2. The summed E-state index contributed by atoms with van der Waals surface area (Å²) in [6, 6.07) is 23.5. The molecule has 0 aliphatic heterocycles. The Bertz CT molecular complexity index is 1090. The molecule has 0 saturated heterocycles. The molecule has 4 rings (SSSR count). The van der Waals surface area contributed by atoms with Crippen LogP contribution in [0.2, 0.25) is 5.02 Å². The quantitative estimate of drug-likeness (QED) is 0.443. The molecule has 1 N–H and O–H groups in total. The van der Waals surface area contributed by atoms with E-state index in [0.717, 1.165) is 27.7 Å². The maximum Gasteiger partial charge on any atom is 0.141 e. The van der Waals surface area contributed by atoms with E-state index in [0.29, 0.717) is 0 Å². The van der Waals surface area contributed by atoms with Crippen LogP contribution >= 0.6 is 11.6 Å². The van der Waals surface area contributed by atoms with E-state index < -0.39 is 5.82 Å². The highest BCUT2D eigenvalue weighted by Crippen LogP contribution is 2.40. The minimum Gasteiger partial charge on any atom is -0.354 e. The van der Waals surface area contributed by atoms with Crippen molar-refractivity contribution in [1.82, 2.24) is 9.88 Å². The maximum absolute atomic E-state index is 13.7. The third kappa shape index (κ3) is 3.25. The average molecular weight is 379 g/mol. The van der Waals surface area contributed by atoms with Crippen molar-refractivity contribution in [2.45, 2.75) is 6.04 Å². The highest BCUT2D eigenvalue weighted by atomic mass is 35.5. The summed E-state index contributed by atoms with van der Waals surface area (Å²) in [6.45, 7) is 0. The number of nitrogens with one attached hydrogen (secondary N) is 1. The highest BCUT2D eigenvalue weighted by Gasteiger charge is 2.25. The zero-order valence-electron chi connectivity index (χ0n) is 15.2. The zero-order valence-corrected chi connectivity index (χ0v) is 16.0. The van der Waals surface area contributed by atoms with Crippen LogP contribution in [0.3, 0.4) is 0 Å². The number of hydrogen-bond donors (Lipinski definition) is 1. The largest absolute Gasteiger partial charge is 0.354 e. The fourth-order valence-corrected chi connectivity index (χ4v) is 3.87. The number of fused-ring (bicyclic) bond motifs is 1. The Labute approximate surface area is 163 Å². The second kappa shape index (κ2) is 7.18. The van der Waals surface area contributed by atoms with Crippen molar-refractivity contribution >= 4 is 22.5 Å². The Morgan fingerprint density at radius 2 is 1.63 bits per heavy atom. The molecule has 136 valence electrons. The number of para-hydroxylation sites is 1. The molecule has 2 nitrogen and oxygen atoms in total. The van der Waals surface area contributed by atoms with Crippen LogP contribution in [0.5, 0.6) is 0 Å². The first-order chi connectivity index (χ1) is 13.1. The number of rotatable bonds is 4. The first-order valence-corrected chi connectivity index (χ1v) is 9.21. The molecule has 0 amide bonds. The van der Waals surface area contributed by atoms with Crippen LogP contribution in [0.1, 0.15) is 17.2 Å². The van der Waals surface area contributed by atoms with Crippen molar-refractivity contribution in [2.75, 3.05) is 14.1 Å². The van der Waals surface area contributed by atoms with Crippen molar-refractivity contribution in [3.63, 3.8) is 0 Å². The summed E-state index contributed by atoms with van der Waals surface area (Å²) in [7, 11) is 4.14. The third-order valence-corrected chi connectivity index (χ3v) is 5.15. The molecule has 27 heavy (non-hydrogen) atoms. The molecule has 1 heterocycles. The van der Waals surface area contributed by atoms with Crippen LogP contribution in [0.15, 0.2) is 72.8 Å². The SMILES string of the molecule is CN(C)C(c1ccccc1)c1c(-c2ccc(F)c(Cl)c2)[nH]c2ccccc12. The summed E-state index contributed by atoms with van der Waals surface area (Å²) in [5.41, 5.74) is 5.23. The van der Waals surface area contributed by atoms with E-state index in [9.17, 15) is 4.39 Å². The number of nitrogens with zero attached hydrogens (tertiary/aromatic N) is 1. The molecule has 0 radical (unpaired) electrons. The smallest absolute Gasteiger partial charge is 0.141 e. The Morgan fingerprint density at radius 3 is 2.33 bits per heavy atom. The highest BCUT2D eigenvalue weighted by molar-refractivity contribution is 6.31. The van der Waals surface area contributed by atoms with Crippen molar-refractivity contribution in [2.24, 2.45) is 0 Å². The summed E-state index contributed by atoms with van der Waals surface area (Å²) in [4.78, 5) is 5.72. The van der Waals surface area contributed by atoms with Gasteiger partial charge in [-0.3, -0.25) is 4.90 Å². The van der Waals surface area contributed by atoms with E-state index in [2.05, 4.69) is 60.4 Å². The van der Waals surface area contributed by atoms with Gasteiger partial charge >= 0.3 is 0 Å². The summed E-state index contributed by atoms with van der Waals surface area (Å²) >= 11 is 6.07. The first-order valence-electron chi connectivity index (χ1n) is 8.83. The number of H-pyrrole nitrogens is 1. The van der Waals surface area contributed by atoms with Gasteiger partial charge < -0.3 is 4.98 Å². The molecule has 3 aromatic carbocycles. The van der Waals surface area contributed by atoms with Crippen LogP contribution in [-0.4, -0.2) is 24.0 Å². The normalized spacial score (nSPS) is 12.6. The van der Waals surface area contributed by atoms with E-state index in [1.807, 2.05) is 18.2 Å². The number of aromatic nitrogens is 1. The molecule has 4 aromatic rings. The van der Waals surface area contributed by atoms with Gasteiger partial charge in [0.1, 0.15) is 5.82 Å². The van der Waals surface area contributed by atoms with E-state index in [1.54, 1.807) is 12.1 Å². The van der Waals surface area contributed by atoms with Crippen molar-refractivity contribution in [1.29, 1.82) is 0 Å². The predicted molar refractivity (Wildman–Crippen MR) is 111 cm³/mol. The van der Waals surface area contributed by atoms with Gasteiger partial charge in [0, 0.05) is 16.5 Å².